The molecule has 1 aliphatic heterocycles. The van der Waals surface area contributed by atoms with E-state index in [0.717, 1.165) is 25.1 Å². The van der Waals surface area contributed by atoms with Gasteiger partial charge in [0.1, 0.15) is 0 Å². The van der Waals surface area contributed by atoms with Crippen LogP contribution in [0.2, 0.25) is 0 Å². The van der Waals surface area contributed by atoms with Gasteiger partial charge in [0.15, 0.2) is 0 Å². The number of ether oxygens (including phenoxy) is 1. The van der Waals surface area contributed by atoms with Crippen LogP contribution in [0, 0.1) is 0 Å². The van der Waals surface area contributed by atoms with Crippen molar-refractivity contribution >= 4 is 5.91 Å². The van der Waals surface area contributed by atoms with Crippen molar-refractivity contribution in [1.82, 2.24) is 15.5 Å². The lowest BCUT2D eigenvalue weighted by atomic mass is 10.2. The minimum absolute atomic E-state index is 0.0384. The summed E-state index contributed by atoms with van der Waals surface area (Å²) in [7, 11) is 0. The smallest absolute Gasteiger partial charge is 0.222 e. The number of nitrogens with one attached hydrogen (secondary N) is 2. The Kier molecular flexibility index (Phi) is 3.34. The van der Waals surface area contributed by atoms with Crippen LogP contribution in [0.1, 0.15) is 25.0 Å². The molecule has 1 fully saturated rings. The van der Waals surface area contributed by atoms with Crippen LogP contribution >= 0.6 is 0 Å². The number of hydrogen-bond donors (Lipinski definition) is 2. The van der Waals surface area contributed by atoms with Crippen molar-refractivity contribution in [2.24, 2.45) is 0 Å². The molecule has 1 amide bonds. The number of H-pyrrole nitrogens is 1. The van der Waals surface area contributed by atoms with E-state index in [1.165, 1.54) is 0 Å². The topological polar surface area (TPSA) is 67.0 Å². The van der Waals surface area contributed by atoms with Gasteiger partial charge in [0.2, 0.25) is 5.91 Å². The molecule has 0 saturated carbocycles. The molecule has 1 saturated heterocycles. The summed E-state index contributed by atoms with van der Waals surface area (Å²) in [4.78, 5) is 11.5. The maximum atomic E-state index is 11.5. The Labute approximate surface area is 88.2 Å². The fourth-order valence-corrected chi connectivity index (χ4v) is 1.66. The average Bonchev–Trinajstić information content (AvgIpc) is 2.86. The largest absolute Gasteiger partial charge is 0.378 e. The Morgan fingerprint density at radius 3 is 3.33 bits per heavy atom. The number of nitrogens with zero attached hydrogens (tertiary/aromatic N) is 1. The molecule has 1 aliphatic rings. The van der Waals surface area contributed by atoms with E-state index in [4.69, 9.17) is 4.74 Å². The summed E-state index contributed by atoms with van der Waals surface area (Å²) < 4.78 is 5.38. The monoisotopic (exact) mass is 209 g/mol. The highest BCUT2D eigenvalue weighted by Gasteiger charge is 2.18. The molecule has 0 aliphatic carbocycles. The standard InChI is InChI=1S/C10H15N3O2/c14-10(6-9-2-1-5-15-9)11-7-8-3-4-12-13-8/h3-4,9H,1-2,5-7H2,(H,11,14)(H,12,13). The average molecular weight is 209 g/mol. The molecule has 5 nitrogen and oxygen atoms in total. The Balaban J connectivity index is 1.68. The molecule has 2 N–H and O–H groups in total. The van der Waals surface area contributed by atoms with Gasteiger partial charge in [-0.25, -0.2) is 0 Å². The molecule has 1 atom stereocenters. The number of amides is 1. The summed E-state index contributed by atoms with van der Waals surface area (Å²) in [6.07, 6.45) is 4.32. The molecule has 1 unspecified atom stereocenters. The molecular formula is C10H15N3O2. The summed E-state index contributed by atoms with van der Waals surface area (Å²) in [6, 6.07) is 1.84. The predicted molar refractivity (Wildman–Crippen MR) is 54.0 cm³/mol. The number of rotatable bonds is 4. The van der Waals surface area contributed by atoms with Crippen LogP contribution in [0.25, 0.3) is 0 Å². The number of carbonyl (C=O) groups excluding carboxylic acids is 1. The van der Waals surface area contributed by atoms with Gasteiger partial charge in [0.05, 0.1) is 24.8 Å². The van der Waals surface area contributed by atoms with Crippen LogP contribution in [0.3, 0.4) is 0 Å². The van der Waals surface area contributed by atoms with Gasteiger partial charge < -0.3 is 10.1 Å². The molecule has 2 rings (SSSR count). The van der Waals surface area contributed by atoms with Gasteiger partial charge in [-0.05, 0) is 18.9 Å². The van der Waals surface area contributed by atoms with Gasteiger partial charge in [0.25, 0.3) is 0 Å². The SMILES string of the molecule is O=C(CC1CCCO1)NCc1ccn[nH]1. The minimum Gasteiger partial charge on any atom is -0.378 e. The van der Waals surface area contributed by atoms with Gasteiger partial charge in [0, 0.05) is 12.8 Å². The van der Waals surface area contributed by atoms with Gasteiger partial charge in [-0.3, -0.25) is 9.89 Å². The van der Waals surface area contributed by atoms with E-state index in [2.05, 4.69) is 15.5 Å². The molecule has 0 bridgehead atoms. The summed E-state index contributed by atoms with van der Waals surface area (Å²) >= 11 is 0. The maximum absolute atomic E-state index is 11.5. The maximum Gasteiger partial charge on any atom is 0.222 e. The molecule has 5 heteroatoms. The number of hydrogen-bond acceptors (Lipinski definition) is 3. The lowest BCUT2D eigenvalue weighted by Gasteiger charge is -2.08. The first-order valence-electron chi connectivity index (χ1n) is 5.21. The fraction of sp³-hybridized carbons (Fsp3) is 0.600. The molecule has 0 radical (unpaired) electrons. The lowest BCUT2D eigenvalue weighted by molar-refractivity contribution is -0.123. The molecule has 1 aromatic rings. The molecular weight excluding hydrogens is 194 g/mol. The first kappa shape index (κ1) is 10.2. The van der Waals surface area contributed by atoms with Crippen LogP contribution in [0.4, 0.5) is 0 Å². The number of aromatic amines is 1. The van der Waals surface area contributed by atoms with Crippen LogP contribution in [0.15, 0.2) is 12.3 Å². The van der Waals surface area contributed by atoms with Crippen molar-refractivity contribution in [1.29, 1.82) is 0 Å². The van der Waals surface area contributed by atoms with Gasteiger partial charge in [-0.15, -0.1) is 0 Å². The van der Waals surface area contributed by atoms with E-state index in [9.17, 15) is 4.79 Å². The van der Waals surface area contributed by atoms with Crippen LogP contribution in [-0.2, 0) is 16.1 Å². The molecule has 82 valence electrons. The quantitative estimate of drug-likeness (QED) is 0.762. The normalized spacial score (nSPS) is 20.4. The van der Waals surface area contributed by atoms with Crippen LogP contribution < -0.4 is 5.32 Å². The fourth-order valence-electron chi connectivity index (χ4n) is 1.66. The highest BCUT2D eigenvalue weighted by molar-refractivity contribution is 5.76. The second kappa shape index (κ2) is 4.93. The zero-order valence-corrected chi connectivity index (χ0v) is 8.53. The summed E-state index contributed by atoms with van der Waals surface area (Å²) in [6.45, 7) is 1.30. The van der Waals surface area contributed by atoms with Crippen molar-refractivity contribution in [3.05, 3.63) is 18.0 Å². The number of carbonyl (C=O) groups is 1. The third-order valence-corrected chi connectivity index (χ3v) is 2.47. The van der Waals surface area contributed by atoms with Gasteiger partial charge >= 0.3 is 0 Å². The van der Waals surface area contributed by atoms with Crippen molar-refractivity contribution in [3.8, 4) is 0 Å². The van der Waals surface area contributed by atoms with E-state index in [-0.39, 0.29) is 12.0 Å². The van der Waals surface area contributed by atoms with Crippen molar-refractivity contribution in [2.75, 3.05) is 6.61 Å². The second-order valence-corrected chi connectivity index (χ2v) is 3.70. The Bertz CT molecular complexity index is 304. The van der Waals surface area contributed by atoms with E-state index in [1.54, 1.807) is 6.20 Å². The molecule has 2 heterocycles. The van der Waals surface area contributed by atoms with Gasteiger partial charge in [-0.2, -0.15) is 5.10 Å². The minimum atomic E-state index is 0.0384. The van der Waals surface area contributed by atoms with Crippen LogP contribution in [0.5, 0.6) is 0 Å². The second-order valence-electron chi connectivity index (χ2n) is 3.70. The molecule has 15 heavy (non-hydrogen) atoms. The van der Waals surface area contributed by atoms with Crippen LogP contribution in [-0.4, -0.2) is 28.8 Å². The summed E-state index contributed by atoms with van der Waals surface area (Å²) in [5, 5.41) is 9.41. The third kappa shape index (κ3) is 3.06. The number of aromatic nitrogens is 2. The highest BCUT2D eigenvalue weighted by atomic mass is 16.5. The Hall–Kier alpha value is -1.36. The first-order valence-corrected chi connectivity index (χ1v) is 5.21. The predicted octanol–water partition coefficient (Wildman–Crippen LogP) is 0.595. The molecule has 0 spiro atoms. The van der Waals surface area contributed by atoms with E-state index in [0.29, 0.717) is 13.0 Å². The first-order chi connectivity index (χ1) is 7.34. The highest BCUT2D eigenvalue weighted by Crippen LogP contribution is 2.14. The Morgan fingerprint density at radius 1 is 1.73 bits per heavy atom. The summed E-state index contributed by atoms with van der Waals surface area (Å²) in [5.74, 6) is 0.0384. The van der Waals surface area contributed by atoms with E-state index < -0.39 is 0 Å². The lowest BCUT2D eigenvalue weighted by Crippen LogP contribution is -2.26. The summed E-state index contributed by atoms with van der Waals surface area (Å²) in [5.41, 5.74) is 0.913. The zero-order valence-electron chi connectivity index (χ0n) is 8.53. The van der Waals surface area contributed by atoms with Crippen molar-refractivity contribution in [2.45, 2.75) is 31.9 Å². The Morgan fingerprint density at radius 2 is 2.67 bits per heavy atom. The molecule has 1 aromatic heterocycles. The van der Waals surface area contributed by atoms with E-state index >= 15 is 0 Å². The zero-order chi connectivity index (χ0) is 10.5. The van der Waals surface area contributed by atoms with Crippen molar-refractivity contribution in [3.63, 3.8) is 0 Å². The van der Waals surface area contributed by atoms with Crippen molar-refractivity contribution < 1.29 is 9.53 Å². The van der Waals surface area contributed by atoms with Gasteiger partial charge in [-0.1, -0.05) is 0 Å². The molecule has 0 aromatic carbocycles. The third-order valence-electron chi connectivity index (χ3n) is 2.47. The van der Waals surface area contributed by atoms with E-state index in [1.807, 2.05) is 6.07 Å².